The average molecular weight is 284 g/mol. The Morgan fingerprint density at radius 2 is 1.86 bits per heavy atom. The minimum absolute atomic E-state index is 0.0991. The first kappa shape index (κ1) is 14.6. The van der Waals surface area contributed by atoms with Crippen LogP contribution in [0.25, 0.3) is 0 Å². The van der Waals surface area contributed by atoms with Crippen molar-refractivity contribution in [3.8, 4) is 12.3 Å². The van der Waals surface area contributed by atoms with Crippen molar-refractivity contribution in [2.75, 3.05) is 0 Å². The smallest absolute Gasteiger partial charge is 0.155 e. The van der Waals surface area contributed by atoms with Crippen LogP contribution in [-0.2, 0) is 9.59 Å². The zero-order valence-corrected chi connectivity index (χ0v) is 13.3. The number of ketones is 2. The molecule has 2 fully saturated rings. The Morgan fingerprint density at radius 1 is 1.14 bits per heavy atom. The molecule has 0 saturated heterocycles. The third kappa shape index (κ3) is 1.79. The summed E-state index contributed by atoms with van der Waals surface area (Å²) in [5.41, 5.74) is 0.508. The normalized spacial score (nSPS) is 41.6. The van der Waals surface area contributed by atoms with Gasteiger partial charge in [0, 0.05) is 18.3 Å². The fourth-order valence-electron chi connectivity index (χ4n) is 5.29. The van der Waals surface area contributed by atoms with E-state index in [1.807, 2.05) is 6.08 Å². The molecule has 2 nitrogen and oxygen atoms in total. The molecule has 2 saturated carbocycles. The standard InChI is InChI=1S/C19H24O2/c1-5-19-10-6-13(20)12-15(19)18(4)9-8-16(21)17(2,3)14(18)7-11-19/h1,12,14H,6-11H2,2-4H3/t14?,18-,19+/m0/s1. The van der Waals surface area contributed by atoms with Gasteiger partial charge in [0.25, 0.3) is 0 Å². The van der Waals surface area contributed by atoms with Crippen LogP contribution in [0.3, 0.4) is 0 Å². The van der Waals surface area contributed by atoms with Crippen LogP contribution < -0.4 is 0 Å². The lowest BCUT2D eigenvalue weighted by molar-refractivity contribution is -0.141. The number of allylic oxidation sites excluding steroid dienone is 2. The highest BCUT2D eigenvalue weighted by atomic mass is 16.1. The highest BCUT2D eigenvalue weighted by Gasteiger charge is 2.59. The monoisotopic (exact) mass is 284 g/mol. The fourth-order valence-corrected chi connectivity index (χ4v) is 5.29. The SMILES string of the molecule is C#C[C@]12CCC(=O)C=C1[C@@]1(C)CCC(=O)C(C)(C)C1CC2. The Labute approximate surface area is 127 Å². The van der Waals surface area contributed by atoms with Crippen molar-refractivity contribution in [2.45, 2.75) is 59.3 Å². The lowest BCUT2D eigenvalue weighted by atomic mass is 9.44. The molecule has 2 heteroatoms. The van der Waals surface area contributed by atoms with E-state index >= 15 is 0 Å². The van der Waals surface area contributed by atoms with Gasteiger partial charge in [-0.1, -0.05) is 26.7 Å². The molecule has 0 radical (unpaired) electrons. The second-order valence-corrected chi connectivity index (χ2v) is 7.90. The molecule has 3 rings (SSSR count). The summed E-state index contributed by atoms with van der Waals surface area (Å²) in [7, 11) is 0. The summed E-state index contributed by atoms with van der Waals surface area (Å²) < 4.78 is 0. The number of hydrogen-bond acceptors (Lipinski definition) is 2. The van der Waals surface area contributed by atoms with Crippen LogP contribution in [0.5, 0.6) is 0 Å². The number of carbonyl (C=O) groups is 2. The molecular weight excluding hydrogens is 260 g/mol. The summed E-state index contributed by atoms with van der Waals surface area (Å²) in [6.45, 7) is 6.39. The van der Waals surface area contributed by atoms with E-state index in [-0.39, 0.29) is 22.0 Å². The van der Waals surface area contributed by atoms with E-state index in [1.165, 1.54) is 0 Å². The Morgan fingerprint density at radius 3 is 2.52 bits per heavy atom. The van der Waals surface area contributed by atoms with Crippen molar-refractivity contribution >= 4 is 11.6 Å². The molecule has 3 aliphatic carbocycles. The highest BCUT2D eigenvalue weighted by Crippen LogP contribution is 2.64. The van der Waals surface area contributed by atoms with Crippen molar-refractivity contribution in [3.63, 3.8) is 0 Å². The molecule has 0 bridgehead atoms. The Bertz CT molecular complexity index is 589. The second kappa shape index (κ2) is 4.32. The van der Waals surface area contributed by atoms with Gasteiger partial charge in [-0.15, -0.1) is 6.42 Å². The maximum absolute atomic E-state index is 12.4. The van der Waals surface area contributed by atoms with Crippen LogP contribution >= 0.6 is 0 Å². The summed E-state index contributed by atoms with van der Waals surface area (Å²) in [5.74, 6) is 3.89. The van der Waals surface area contributed by atoms with Crippen LogP contribution in [0.4, 0.5) is 0 Å². The van der Waals surface area contributed by atoms with Crippen molar-refractivity contribution in [3.05, 3.63) is 11.6 Å². The van der Waals surface area contributed by atoms with Gasteiger partial charge in [-0.05, 0) is 48.7 Å². The molecule has 3 atom stereocenters. The van der Waals surface area contributed by atoms with Crippen molar-refractivity contribution in [1.29, 1.82) is 0 Å². The number of rotatable bonds is 0. The van der Waals surface area contributed by atoms with Crippen LogP contribution in [-0.4, -0.2) is 11.6 Å². The summed E-state index contributed by atoms with van der Waals surface area (Å²) >= 11 is 0. The largest absolute Gasteiger partial charge is 0.299 e. The molecule has 0 heterocycles. The highest BCUT2D eigenvalue weighted by molar-refractivity contribution is 5.92. The maximum Gasteiger partial charge on any atom is 0.155 e. The van der Waals surface area contributed by atoms with Gasteiger partial charge in [0.2, 0.25) is 0 Å². The second-order valence-electron chi connectivity index (χ2n) is 7.90. The minimum Gasteiger partial charge on any atom is -0.299 e. The van der Waals surface area contributed by atoms with Gasteiger partial charge in [-0.2, -0.15) is 0 Å². The van der Waals surface area contributed by atoms with Crippen molar-refractivity contribution < 1.29 is 9.59 Å². The number of Topliss-reactive ketones (excluding diaryl/α,β-unsaturated/α-hetero) is 1. The Kier molecular flexibility index (Phi) is 3.00. The zero-order valence-electron chi connectivity index (χ0n) is 13.3. The molecule has 0 aromatic heterocycles. The van der Waals surface area contributed by atoms with E-state index in [0.717, 1.165) is 31.3 Å². The molecule has 112 valence electrons. The predicted molar refractivity (Wildman–Crippen MR) is 82.4 cm³/mol. The van der Waals surface area contributed by atoms with E-state index in [0.29, 0.717) is 24.5 Å². The molecule has 21 heavy (non-hydrogen) atoms. The molecular formula is C19H24O2. The van der Waals surface area contributed by atoms with Crippen LogP contribution in [0.1, 0.15) is 59.3 Å². The zero-order chi connectivity index (χ0) is 15.5. The number of terminal acetylenes is 1. The molecule has 0 amide bonds. The van der Waals surface area contributed by atoms with Gasteiger partial charge in [-0.3, -0.25) is 9.59 Å². The lowest BCUT2D eigenvalue weighted by Crippen LogP contribution is -2.54. The molecule has 0 N–H and O–H groups in total. The maximum atomic E-state index is 12.4. The van der Waals surface area contributed by atoms with Gasteiger partial charge >= 0.3 is 0 Å². The van der Waals surface area contributed by atoms with Crippen molar-refractivity contribution in [2.24, 2.45) is 22.2 Å². The van der Waals surface area contributed by atoms with Gasteiger partial charge < -0.3 is 0 Å². The Balaban J connectivity index is 2.14. The first-order chi connectivity index (χ1) is 9.76. The van der Waals surface area contributed by atoms with E-state index in [9.17, 15) is 9.59 Å². The summed E-state index contributed by atoms with van der Waals surface area (Å²) in [6.07, 6.45) is 12.4. The summed E-state index contributed by atoms with van der Waals surface area (Å²) in [6, 6.07) is 0. The molecule has 0 aromatic rings. The van der Waals surface area contributed by atoms with Gasteiger partial charge in [0.1, 0.15) is 5.78 Å². The van der Waals surface area contributed by atoms with Crippen molar-refractivity contribution in [1.82, 2.24) is 0 Å². The van der Waals surface area contributed by atoms with E-state index < -0.39 is 0 Å². The molecule has 1 unspecified atom stereocenters. The molecule has 0 aliphatic heterocycles. The van der Waals surface area contributed by atoms with E-state index in [1.54, 1.807) is 0 Å². The summed E-state index contributed by atoms with van der Waals surface area (Å²) in [5, 5.41) is 0. The predicted octanol–water partition coefficient (Wildman–Crippen LogP) is 3.70. The fraction of sp³-hybridized carbons (Fsp3) is 0.684. The van der Waals surface area contributed by atoms with E-state index in [2.05, 4.69) is 26.7 Å². The number of hydrogen-bond donors (Lipinski definition) is 0. The van der Waals surface area contributed by atoms with E-state index in [4.69, 9.17) is 6.42 Å². The third-order valence-corrected chi connectivity index (χ3v) is 6.60. The third-order valence-electron chi connectivity index (χ3n) is 6.60. The van der Waals surface area contributed by atoms with Gasteiger partial charge in [0.15, 0.2) is 5.78 Å². The van der Waals surface area contributed by atoms with Crippen LogP contribution in [0, 0.1) is 34.5 Å². The summed E-state index contributed by atoms with van der Waals surface area (Å²) in [4.78, 5) is 24.4. The van der Waals surface area contributed by atoms with Crippen LogP contribution in [0.15, 0.2) is 11.6 Å². The number of fused-ring (bicyclic) bond motifs is 3. The van der Waals surface area contributed by atoms with Gasteiger partial charge in [0.05, 0.1) is 5.41 Å². The Hall–Kier alpha value is -1.36. The minimum atomic E-state index is -0.310. The lowest BCUT2D eigenvalue weighted by Gasteiger charge is -2.59. The number of carbonyl (C=O) groups excluding carboxylic acids is 2. The molecule has 3 aliphatic rings. The molecule has 0 aromatic carbocycles. The topological polar surface area (TPSA) is 34.1 Å². The molecule has 0 spiro atoms. The first-order valence-electron chi connectivity index (χ1n) is 8.03. The van der Waals surface area contributed by atoms with Gasteiger partial charge in [-0.25, -0.2) is 0 Å². The quantitative estimate of drug-likeness (QED) is 0.636. The average Bonchev–Trinajstić information content (AvgIpc) is 2.44. The van der Waals surface area contributed by atoms with Crippen LogP contribution in [0.2, 0.25) is 0 Å². The first-order valence-corrected chi connectivity index (χ1v) is 8.03.